The Morgan fingerprint density at radius 2 is 2.00 bits per heavy atom. The molecule has 0 saturated carbocycles. The van der Waals surface area contributed by atoms with E-state index in [1.165, 1.54) is 22.8 Å². The lowest BCUT2D eigenvalue weighted by Crippen LogP contribution is -2.35. The number of nitrogen functional groups attached to an aromatic ring is 1. The Balaban J connectivity index is 2.13. The lowest BCUT2D eigenvalue weighted by Gasteiger charge is -2.30. The molecule has 2 heterocycles. The van der Waals surface area contributed by atoms with Gasteiger partial charge in [-0.15, -0.1) is 0 Å². The van der Waals surface area contributed by atoms with Crippen LogP contribution in [-0.4, -0.2) is 19.9 Å². The van der Waals surface area contributed by atoms with E-state index >= 15 is 0 Å². The number of hydrogen-bond donors (Lipinski definition) is 1. The number of para-hydroxylation sites is 1. The molecule has 3 rings (SSSR count). The van der Waals surface area contributed by atoms with E-state index in [0.29, 0.717) is 6.54 Å². The number of anilines is 2. The lowest BCUT2D eigenvalue weighted by atomic mass is 10.0. The summed E-state index contributed by atoms with van der Waals surface area (Å²) < 4.78 is 27.0. The molecule has 2 N–H and O–H groups in total. The van der Waals surface area contributed by atoms with E-state index in [9.17, 15) is 8.42 Å². The van der Waals surface area contributed by atoms with Crippen LogP contribution in [0.1, 0.15) is 12.0 Å². The third-order valence-electron chi connectivity index (χ3n) is 3.45. The molecule has 0 fully saturated rings. The van der Waals surface area contributed by atoms with Gasteiger partial charge in [-0.1, -0.05) is 18.2 Å². The zero-order valence-corrected chi connectivity index (χ0v) is 11.7. The summed E-state index contributed by atoms with van der Waals surface area (Å²) in [6.45, 7) is 0.466. The van der Waals surface area contributed by atoms with Gasteiger partial charge in [0.1, 0.15) is 4.90 Å². The molecule has 0 saturated heterocycles. The summed E-state index contributed by atoms with van der Waals surface area (Å²) in [4.78, 5) is 3.94. The van der Waals surface area contributed by atoms with Gasteiger partial charge in [-0.05, 0) is 30.5 Å². The highest BCUT2D eigenvalue weighted by Crippen LogP contribution is 2.32. The summed E-state index contributed by atoms with van der Waals surface area (Å²) in [5, 5.41) is 0. The van der Waals surface area contributed by atoms with Crippen LogP contribution in [0.25, 0.3) is 0 Å². The van der Waals surface area contributed by atoms with Crippen molar-refractivity contribution < 1.29 is 8.42 Å². The maximum atomic E-state index is 12.8. The van der Waals surface area contributed by atoms with Crippen LogP contribution in [0, 0.1) is 0 Å². The molecule has 6 heteroatoms. The predicted molar refractivity (Wildman–Crippen MR) is 77.9 cm³/mol. The normalized spacial score (nSPS) is 14.9. The molecule has 0 atom stereocenters. The van der Waals surface area contributed by atoms with Crippen molar-refractivity contribution in [2.24, 2.45) is 0 Å². The number of sulfonamides is 1. The Morgan fingerprint density at radius 3 is 2.80 bits per heavy atom. The van der Waals surface area contributed by atoms with E-state index in [-0.39, 0.29) is 10.6 Å². The monoisotopic (exact) mass is 289 g/mol. The summed E-state index contributed by atoms with van der Waals surface area (Å²) in [6, 6.07) is 9.07. The second-order valence-corrected chi connectivity index (χ2v) is 6.55. The molecule has 5 nitrogen and oxygen atoms in total. The summed E-state index contributed by atoms with van der Waals surface area (Å²) in [5.41, 5.74) is 7.80. The number of fused-ring (bicyclic) bond motifs is 1. The van der Waals surface area contributed by atoms with E-state index in [1.807, 2.05) is 24.3 Å². The highest BCUT2D eigenvalue weighted by molar-refractivity contribution is 7.93. The minimum Gasteiger partial charge on any atom is -0.398 e. The zero-order chi connectivity index (χ0) is 14.2. The van der Waals surface area contributed by atoms with Gasteiger partial charge >= 0.3 is 0 Å². The van der Waals surface area contributed by atoms with Crippen molar-refractivity contribution in [1.29, 1.82) is 0 Å². The average Bonchev–Trinajstić information content (AvgIpc) is 2.47. The van der Waals surface area contributed by atoms with Gasteiger partial charge in [0.25, 0.3) is 10.0 Å². The maximum absolute atomic E-state index is 12.8. The first-order valence-corrected chi connectivity index (χ1v) is 7.85. The molecule has 0 unspecified atom stereocenters. The number of rotatable bonds is 2. The van der Waals surface area contributed by atoms with Crippen LogP contribution in [0.3, 0.4) is 0 Å². The summed E-state index contributed by atoms with van der Waals surface area (Å²) in [5.74, 6) is 0. The molecule has 1 aromatic carbocycles. The van der Waals surface area contributed by atoms with Crippen LogP contribution in [-0.2, 0) is 16.4 Å². The molecule has 0 spiro atoms. The highest BCUT2D eigenvalue weighted by atomic mass is 32.2. The molecule has 0 aliphatic carbocycles. The van der Waals surface area contributed by atoms with Crippen molar-refractivity contribution in [3.8, 4) is 0 Å². The van der Waals surface area contributed by atoms with Gasteiger partial charge in [0.2, 0.25) is 0 Å². The van der Waals surface area contributed by atoms with Crippen LogP contribution in [0.2, 0.25) is 0 Å². The molecule has 1 aliphatic heterocycles. The number of aromatic nitrogens is 1. The summed E-state index contributed by atoms with van der Waals surface area (Å²) >= 11 is 0. The zero-order valence-electron chi connectivity index (χ0n) is 10.9. The Bertz CT molecular complexity index is 744. The van der Waals surface area contributed by atoms with Crippen molar-refractivity contribution in [3.63, 3.8) is 0 Å². The third-order valence-corrected chi connectivity index (χ3v) is 5.31. The molecule has 1 aromatic heterocycles. The van der Waals surface area contributed by atoms with E-state index in [0.717, 1.165) is 24.1 Å². The van der Waals surface area contributed by atoms with Crippen LogP contribution < -0.4 is 10.0 Å². The topological polar surface area (TPSA) is 76.3 Å². The molecule has 20 heavy (non-hydrogen) atoms. The first-order valence-electron chi connectivity index (χ1n) is 6.41. The first kappa shape index (κ1) is 12.9. The van der Waals surface area contributed by atoms with E-state index in [2.05, 4.69) is 4.98 Å². The van der Waals surface area contributed by atoms with Gasteiger partial charge in [0.05, 0.1) is 11.4 Å². The van der Waals surface area contributed by atoms with Crippen molar-refractivity contribution in [2.45, 2.75) is 17.7 Å². The molecule has 2 aromatic rings. The Hall–Kier alpha value is -2.08. The Kier molecular flexibility index (Phi) is 3.10. The van der Waals surface area contributed by atoms with E-state index in [4.69, 9.17) is 5.73 Å². The molecular formula is C14H15N3O2S. The lowest BCUT2D eigenvalue weighted by molar-refractivity contribution is 0.586. The molecule has 0 amide bonds. The summed E-state index contributed by atoms with van der Waals surface area (Å²) in [7, 11) is -3.66. The summed E-state index contributed by atoms with van der Waals surface area (Å²) in [6.07, 6.45) is 4.49. The van der Waals surface area contributed by atoms with Gasteiger partial charge in [0.15, 0.2) is 0 Å². The van der Waals surface area contributed by atoms with Gasteiger partial charge < -0.3 is 5.73 Å². The van der Waals surface area contributed by atoms with Gasteiger partial charge in [-0.2, -0.15) is 0 Å². The third kappa shape index (κ3) is 2.02. The minimum atomic E-state index is -3.66. The minimum absolute atomic E-state index is 0.0664. The van der Waals surface area contributed by atoms with Crippen LogP contribution in [0.15, 0.2) is 47.6 Å². The fourth-order valence-corrected chi connectivity index (χ4v) is 4.08. The van der Waals surface area contributed by atoms with Crippen LogP contribution in [0.5, 0.6) is 0 Å². The highest BCUT2D eigenvalue weighted by Gasteiger charge is 2.30. The van der Waals surface area contributed by atoms with Crippen molar-refractivity contribution in [3.05, 3.63) is 48.3 Å². The fourth-order valence-electron chi connectivity index (χ4n) is 2.47. The van der Waals surface area contributed by atoms with Gasteiger partial charge in [0, 0.05) is 18.9 Å². The number of pyridine rings is 1. The maximum Gasteiger partial charge on any atom is 0.267 e. The molecule has 0 bridgehead atoms. The van der Waals surface area contributed by atoms with Crippen LogP contribution >= 0.6 is 0 Å². The Morgan fingerprint density at radius 1 is 1.20 bits per heavy atom. The van der Waals surface area contributed by atoms with E-state index in [1.54, 1.807) is 0 Å². The van der Waals surface area contributed by atoms with Crippen molar-refractivity contribution in [2.75, 3.05) is 16.6 Å². The van der Waals surface area contributed by atoms with Crippen LogP contribution in [0.4, 0.5) is 11.4 Å². The number of aryl methyl sites for hydroxylation is 1. The Labute approximate surface area is 118 Å². The van der Waals surface area contributed by atoms with Gasteiger partial charge in [-0.25, -0.2) is 8.42 Å². The standard InChI is InChI=1S/C14H15N3O2S/c15-12-7-8-16-10-14(12)20(18,19)17-9-3-5-11-4-1-2-6-13(11)17/h1-2,4,6-8,10H,3,5,9H2,(H2,15,16). The second kappa shape index (κ2) is 4.79. The molecule has 0 radical (unpaired) electrons. The van der Waals surface area contributed by atoms with Crippen molar-refractivity contribution >= 4 is 21.4 Å². The number of nitrogens with two attached hydrogens (primary N) is 1. The second-order valence-electron chi connectivity index (χ2n) is 4.72. The molecule has 104 valence electrons. The quantitative estimate of drug-likeness (QED) is 0.914. The fraction of sp³-hybridized carbons (Fsp3) is 0.214. The number of benzene rings is 1. The number of nitrogens with zero attached hydrogens (tertiary/aromatic N) is 2. The van der Waals surface area contributed by atoms with Gasteiger partial charge in [-0.3, -0.25) is 9.29 Å². The largest absolute Gasteiger partial charge is 0.398 e. The van der Waals surface area contributed by atoms with Crippen molar-refractivity contribution in [1.82, 2.24) is 4.98 Å². The van der Waals surface area contributed by atoms with E-state index < -0.39 is 10.0 Å². The number of hydrogen-bond acceptors (Lipinski definition) is 4. The first-order chi connectivity index (χ1) is 9.60. The molecule has 1 aliphatic rings. The predicted octanol–water partition coefficient (Wildman–Crippen LogP) is 1.81. The molecular weight excluding hydrogens is 274 g/mol. The SMILES string of the molecule is Nc1ccncc1S(=O)(=O)N1CCCc2ccccc21. The smallest absolute Gasteiger partial charge is 0.267 e. The average molecular weight is 289 g/mol.